The summed E-state index contributed by atoms with van der Waals surface area (Å²) in [7, 11) is 0. The Labute approximate surface area is 236 Å². The molecule has 1 aliphatic heterocycles. The number of rotatable bonds is 10. The highest BCUT2D eigenvalue weighted by molar-refractivity contribution is 6.04. The maximum absolute atomic E-state index is 13.5. The minimum absolute atomic E-state index is 0.120. The van der Waals surface area contributed by atoms with Gasteiger partial charge in [0.25, 0.3) is 0 Å². The van der Waals surface area contributed by atoms with Crippen molar-refractivity contribution < 1.29 is 23.5 Å². The van der Waals surface area contributed by atoms with Crippen molar-refractivity contribution in [1.82, 2.24) is 26.0 Å². The van der Waals surface area contributed by atoms with Crippen molar-refractivity contribution in [1.29, 1.82) is 0 Å². The minimum Gasteiger partial charge on any atom is -0.453 e. The number of aryl methyl sites for hydroxylation is 2. The Kier molecular flexibility index (Phi) is 7.77. The van der Waals surface area contributed by atoms with Crippen LogP contribution < -0.4 is 22.3 Å². The van der Waals surface area contributed by atoms with Crippen molar-refractivity contribution >= 4 is 11.8 Å². The van der Waals surface area contributed by atoms with Crippen LogP contribution in [-0.4, -0.2) is 26.5 Å². The predicted octanol–water partition coefficient (Wildman–Crippen LogP) is 3.26. The van der Waals surface area contributed by atoms with Crippen LogP contribution in [0.15, 0.2) is 67.3 Å². The number of esters is 1. The Bertz CT molecular complexity index is 1640. The molecule has 0 bridgehead atoms. The summed E-state index contributed by atoms with van der Waals surface area (Å²) < 4.78 is 17.1. The summed E-state index contributed by atoms with van der Waals surface area (Å²) in [5.41, 5.74) is 11.2. The van der Waals surface area contributed by atoms with Crippen molar-refractivity contribution in [3.63, 3.8) is 0 Å². The first-order chi connectivity index (χ1) is 19.7. The standard InChI is InChI=1S/C29H32N6O6/c1-5-8-23-30-25(29(3,4)38)24(27(36)39-16-22-17(2)40-28(37)41-22)35(23)15-18-11-13-19(14-12-18)20-9-6-7-10-21(20)26-31-33-34-32-26/h6-7,9-14,33-34,38H,5,8,15-16H2,1-4H3,(H,31,32). The number of aromatic nitrogens is 2. The van der Waals surface area contributed by atoms with E-state index in [2.05, 4.69) is 26.6 Å². The van der Waals surface area contributed by atoms with Crippen molar-refractivity contribution in [2.45, 2.75) is 59.3 Å². The SMILES string of the molecule is CCCc1nc(C(C)(C)O)c(C(=O)OCc2oc(=O)oc2C)n1Cc1ccc(-c2ccccc2C2=NNNN2)cc1. The van der Waals surface area contributed by atoms with E-state index in [0.29, 0.717) is 24.6 Å². The van der Waals surface area contributed by atoms with Gasteiger partial charge in [-0.15, -0.1) is 10.6 Å². The quantitative estimate of drug-likeness (QED) is 0.212. The fraction of sp³-hybridized carbons (Fsp3) is 0.310. The number of ether oxygens (including phenoxy) is 1. The summed E-state index contributed by atoms with van der Waals surface area (Å²) in [5, 5.41) is 15.1. The smallest absolute Gasteiger partial charge is 0.453 e. The molecule has 12 nitrogen and oxygen atoms in total. The number of hydrazine groups is 2. The van der Waals surface area contributed by atoms with Crippen LogP contribution in [0.1, 0.15) is 71.8 Å². The fourth-order valence-electron chi connectivity index (χ4n) is 4.66. The molecule has 2 aromatic heterocycles. The second-order valence-corrected chi connectivity index (χ2v) is 10.2. The number of nitrogens with zero attached hydrogens (tertiary/aromatic N) is 3. The number of carbonyl (C=O) groups is 1. The molecule has 0 radical (unpaired) electrons. The topological polar surface area (TPSA) is 156 Å². The number of amidine groups is 1. The maximum Gasteiger partial charge on any atom is 0.519 e. The largest absolute Gasteiger partial charge is 0.519 e. The molecular weight excluding hydrogens is 528 g/mol. The molecule has 214 valence electrons. The van der Waals surface area contributed by atoms with Gasteiger partial charge in [-0.2, -0.15) is 0 Å². The molecule has 0 atom stereocenters. The molecule has 41 heavy (non-hydrogen) atoms. The van der Waals surface area contributed by atoms with Gasteiger partial charge in [-0.3, -0.25) is 5.43 Å². The Morgan fingerprint density at radius 2 is 1.83 bits per heavy atom. The van der Waals surface area contributed by atoms with Crippen LogP contribution in [0.2, 0.25) is 0 Å². The second-order valence-electron chi connectivity index (χ2n) is 10.2. The zero-order valence-corrected chi connectivity index (χ0v) is 23.3. The zero-order chi connectivity index (χ0) is 29.1. The predicted molar refractivity (Wildman–Crippen MR) is 149 cm³/mol. The van der Waals surface area contributed by atoms with Gasteiger partial charge < -0.3 is 23.2 Å². The van der Waals surface area contributed by atoms with Crippen LogP contribution in [0.3, 0.4) is 0 Å². The van der Waals surface area contributed by atoms with Crippen molar-refractivity contribution in [3.05, 3.63) is 99.0 Å². The van der Waals surface area contributed by atoms with Gasteiger partial charge in [0.2, 0.25) is 0 Å². The number of aliphatic hydroxyl groups is 1. The number of benzene rings is 2. The lowest BCUT2D eigenvalue weighted by atomic mass is 9.98. The van der Waals surface area contributed by atoms with E-state index in [1.165, 1.54) is 0 Å². The van der Waals surface area contributed by atoms with Gasteiger partial charge in [0.1, 0.15) is 17.1 Å². The van der Waals surface area contributed by atoms with E-state index in [-0.39, 0.29) is 29.5 Å². The van der Waals surface area contributed by atoms with Crippen LogP contribution in [0.5, 0.6) is 0 Å². The maximum atomic E-state index is 13.5. The van der Waals surface area contributed by atoms with Crippen LogP contribution in [0, 0.1) is 6.92 Å². The Balaban J connectivity index is 1.47. The Morgan fingerprint density at radius 3 is 2.44 bits per heavy atom. The molecule has 0 amide bonds. The average molecular weight is 561 g/mol. The number of hydrogen-bond donors (Lipinski definition) is 4. The summed E-state index contributed by atoms with van der Waals surface area (Å²) in [6.07, 6.45) is 1.38. The van der Waals surface area contributed by atoms with E-state index in [1.54, 1.807) is 25.3 Å². The second kappa shape index (κ2) is 11.4. The molecular formula is C29H32N6O6. The molecule has 0 spiro atoms. The van der Waals surface area contributed by atoms with Gasteiger partial charge in [0.05, 0.1) is 0 Å². The molecule has 0 saturated heterocycles. The highest BCUT2D eigenvalue weighted by Crippen LogP contribution is 2.29. The fourth-order valence-corrected chi connectivity index (χ4v) is 4.66. The number of hydrogen-bond acceptors (Lipinski definition) is 11. The average Bonchev–Trinajstić information content (AvgIpc) is 3.67. The van der Waals surface area contributed by atoms with Gasteiger partial charge in [0.15, 0.2) is 29.7 Å². The van der Waals surface area contributed by atoms with Gasteiger partial charge in [0, 0.05) is 18.5 Å². The van der Waals surface area contributed by atoms with Crippen molar-refractivity contribution in [3.8, 4) is 11.1 Å². The highest BCUT2D eigenvalue weighted by Gasteiger charge is 2.33. The Hall–Kier alpha value is -4.68. The molecule has 2 aromatic carbocycles. The third-order valence-corrected chi connectivity index (χ3v) is 6.66. The summed E-state index contributed by atoms with van der Waals surface area (Å²) in [6.45, 7) is 6.75. The first-order valence-electron chi connectivity index (χ1n) is 13.3. The minimum atomic E-state index is -1.41. The van der Waals surface area contributed by atoms with Crippen LogP contribution in [-0.2, 0) is 29.9 Å². The molecule has 12 heteroatoms. The van der Waals surface area contributed by atoms with E-state index < -0.39 is 17.4 Å². The molecule has 0 fully saturated rings. The number of nitrogens with one attached hydrogen (secondary N) is 3. The monoisotopic (exact) mass is 560 g/mol. The van der Waals surface area contributed by atoms with E-state index >= 15 is 0 Å². The molecule has 3 heterocycles. The normalized spacial score (nSPS) is 13.0. The van der Waals surface area contributed by atoms with Crippen LogP contribution in [0.4, 0.5) is 0 Å². The lowest BCUT2D eigenvalue weighted by Gasteiger charge is -2.18. The lowest BCUT2D eigenvalue weighted by molar-refractivity contribution is 0.0395. The number of imidazole rings is 1. The lowest BCUT2D eigenvalue weighted by Crippen LogP contribution is -2.35. The van der Waals surface area contributed by atoms with Gasteiger partial charge >= 0.3 is 11.8 Å². The molecule has 4 N–H and O–H groups in total. The molecule has 4 aromatic rings. The number of hydrazone groups is 1. The Morgan fingerprint density at radius 1 is 1.10 bits per heavy atom. The summed E-state index contributed by atoms with van der Waals surface area (Å²) >= 11 is 0. The number of carbonyl (C=O) groups excluding carboxylic acids is 1. The molecule has 0 saturated carbocycles. The van der Waals surface area contributed by atoms with Gasteiger partial charge in [-0.05, 0) is 43.9 Å². The third-order valence-electron chi connectivity index (χ3n) is 6.66. The van der Waals surface area contributed by atoms with Gasteiger partial charge in [-0.1, -0.05) is 55.5 Å². The van der Waals surface area contributed by atoms with Gasteiger partial charge in [-0.25, -0.2) is 20.1 Å². The molecule has 0 unspecified atom stereocenters. The van der Waals surface area contributed by atoms with Crippen molar-refractivity contribution in [2.24, 2.45) is 5.10 Å². The van der Waals surface area contributed by atoms with E-state index in [1.807, 2.05) is 55.5 Å². The summed E-state index contributed by atoms with van der Waals surface area (Å²) in [5.74, 6) is 0.123. The van der Waals surface area contributed by atoms with E-state index in [9.17, 15) is 14.7 Å². The first-order valence-corrected chi connectivity index (χ1v) is 13.3. The molecule has 1 aliphatic rings. The van der Waals surface area contributed by atoms with Crippen LogP contribution >= 0.6 is 0 Å². The third kappa shape index (κ3) is 5.93. The summed E-state index contributed by atoms with van der Waals surface area (Å²) in [6, 6.07) is 15.9. The molecule has 5 rings (SSSR count). The highest BCUT2D eigenvalue weighted by atomic mass is 16.6. The van der Waals surface area contributed by atoms with E-state index in [4.69, 9.17) is 13.6 Å². The zero-order valence-electron chi connectivity index (χ0n) is 23.3. The summed E-state index contributed by atoms with van der Waals surface area (Å²) in [4.78, 5) is 29.5. The van der Waals surface area contributed by atoms with Crippen LogP contribution in [0.25, 0.3) is 11.1 Å². The molecule has 0 aliphatic carbocycles. The first kappa shape index (κ1) is 27.9. The van der Waals surface area contributed by atoms with E-state index in [0.717, 1.165) is 28.7 Å². The van der Waals surface area contributed by atoms with Crippen molar-refractivity contribution in [2.75, 3.05) is 0 Å².